The van der Waals surface area contributed by atoms with Crippen LogP contribution >= 0.6 is 0 Å². The number of nitrogens with zero attached hydrogens (tertiary/aromatic N) is 4. The first-order valence-corrected chi connectivity index (χ1v) is 11.5. The number of aromatic nitrogens is 1. The van der Waals surface area contributed by atoms with Crippen molar-refractivity contribution < 1.29 is 4.74 Å². The van der Waals surface area contributed by atoms with E-state index in [0.717, 1.165) is 76.0 Å². The molecule has 0 bridgehead atoms. The summed E-state index contributed by atoms with van der Waals surface area (Å²) in [6, 6.07) is 13.9. The number of ether oxygens (including phenoxy) is 1. The lowest BCUT2D eigenvalue weighted by Gasteiger charge is -2.16. The molecule has 2 aromatic carbocycles. The number of methoxy groups -OCH3 is 1. The minimum Gasteiger partial charge on any atom is -0.496 e. The molecule has 0 radical (unpaired) electrons. The Labute approximate surface area is 200 Å². The van der Waals surface area contributed by atoms with Gasteiger partial charge in [-0.05, 0) is 30.2 Å². The van der Waals surface area contributed by atoms with Crippen LogP contribution in [-0.4, -0.2) is 31.1 Å². The number of aliphatic imine (C=N–C) groups is 2. The van der Waals surface area contributed by atoms with Crippen LogP contribution in [0.15, 0.2) is 70.4 Å². The SMILES string of the molecule is CCCc1cnc2cc(OC)c(/C=C\CC3=CCC=N3)cc2c1C(=NC)c1ccc(C#N)cc1. The molecular weight excluding hydrogens is 420 g/mol. The molecule has 1 aliphatic rings. The Morgan fingerprint density at radius 3 is 2.71 bits per heavy atom. The van der Waals surface area contributed by atoms with E-state index in [2.05, 4.69) is 42.3 Å². The van der Waals surface area contributed by atoms with Crippen molar-refractivity contribution in [3.8, 4) is 11.8 Å². The monoisotopic (exact) mass is 448 g/mol. The van der Waals surface area contributed by atoms with Crippen LogP contribution in [0.3, 0.4) is 0 Å². The molecule has 0 aliphatic carbocycles. The quantitative estimate of drug-likeness (QED) is 0.380. The van der Waals surface area contributed by atoms with Crippen LogP contribution < -0.4 is 4.74 Å². The van der Waals surface area contributed by atoms with E-state index in [0.29, 0.717) is 5.56 Å². The number of allylic oxidation sites excluding steroid dienone is 2. The Balaban J connectivity index is 1.87. The molecule has 0 unspecified atom stereocenters. The molecule has 0 N–H and O–H groups in total. The summed E-state index contributed by atoms with van der Waals surface area (Å²) in [6.45, 7) is 2.17. The number of rotatable bonds is 8. The fourth-order valence-corrected chi connectivity index (χ4v) is 4.27. The summed E-state index contributed by atoms with van der Waals surface area (Å²) < 4.78 is 5.69. The zero-order valence-electron chi connectivity index (χ0n) is 19.9. The predicted molar refractivity (Wildman–Crippen MR) is 140 cm³/mol. The summed E-state index contributed by atoms with van der Waals surface area (Å²) in [4.78, 5) is 13.9. The Hall–Kier alpha value is -4.04. The lowest BCUT2D eigenvalue weighted by molar-refractivity contribution is 0.414. The number of hydrogen-bond donors (Lipinski definition) is 0. The third-order valence-electron chi connectivity index (χ3n) is 5.91. The van der Waals surface area contributed by atoms with E-state index in [9.17, 15) is 5.26 Å². The number of hydrogen-bond acceptors (Lipinski definition) is 5. The van der Waals surface area contributed by atoms with Crippen molar-refractivity contribution in [2.75, 3.05) is 14.2 Å². The first kappa shape index (κ1) is 23.1. The first-order chi connectivity index (χ1) is 16.7. The number of fused-ring (bicyclic) bond motifs is 1. The maximum atomic E-state index is 9.20. The van der Waals surface area contributed by atoms with Crippen molar-refractivity contribution in [2.45, 2.75) is 32.6 Å². The van der Waals surface area contributed by atoms with Gasteiger partial charge in [-0.3, -0.25) is 15.0 Å². The van der Waals surface area contributed by atoms with Gasteiger partial charge in [-0.1, -0.05) is 43.7 Å². The van der Waals surface area contributed by atoms with Crippen LogP contribution in [0.2, 0.25) is 0 Å². The normalized spacial score (nSPS) is 13.5. The number of nitriles is 1. The van der Waals surface area contributed by atoms with Crippen molar-refractivity contribution in [1.29, 1.82) is 5.26 Å². The van der Waals surface area contributed by atoms with Crippen LogP contribution in [0.5, 0.6) is 5.75 Å². The van der Waals surface area contributed by atoms with Gasteiger partial charge in [0.25, 0.3) is 0 Å². The standard InChI is InChI=1S/C29H28N4O/c1-4-7-23-19-33-26-17-27(34-3)22(8-5-9-24-10-6-15-32-24)16-25(26)28(23)29(31-2)21-13-11-20(18-30)12-14-21/h5,8,10-17,19H,4,6-7,9H2,1-3H3/b8-5-,31-29?. The van der Waals surface area contributed by atoms with Crippen LogP contribution in [0.1, 0.15) is 54.0 Å². The predicted octanol–water partition coefficient (Wildman–Crippen LogP) is 6.30. The summed E-state index contributed by atoms with van der Waals surface area (Å²) in [5, 5.41) is 10.2. The van der Waals surface area contributed by atoms with Crippen LogP contribution in [0.25, 0.3) is 17.0 Å². The zero-order valence-corrected chi connectivity index (χ0v) is 19.9. The molecule has 0 atom stereocenters. The van der Waals surface area contributed by atoms with Gasteiger partial charge < -0.3 is 4.74 Å². The van der Waals surface area contributed by atoms with Crippen molar-refractivity contribution in [3.63, 3.8) is 0 Å². The zero-order chi connectivity index (χ0) is 23.9. The second-order valence-corrected chi connectivity index (χ2v) is 8.13. The van der Waals surface area contributed by atoms with Gasteiger partial charge in [0.2, 0.25) is 0 Å². The Kier molecular flexibility index (Phi) is 7.29. The van der Waals surface area contributed by atoms with E-state index in [1.54, 1.807) is 7.11 Å². The molecule has 2 heterocycles. The molecule has 170 valence electrons. The highest BCUT2D eigenvalue weighted by Crippen LogP contribution is 2.32. The molecular formula is C29H28N4O. The fraction of sp³-hybridized carbons (Fsp3) is 0.241. The molecule has 1 aromatic heterocycles. The van der Waals surface area contributed by atoms with Gasteiger partial charge in [0.1, 0.15) is 5.75 Å². The average Bonchev–Trinajstić information content (AvgIpc) is 3.39. The maximum absolute atomic E-state index is 9.20. The first-order valence-electron chi connectivity index (χ1n) is 11.5. The van der Waals surface area contributed by atoms with Crippen LogP contribution in [-0.2, 0) is 6.42 Å². The highest BCUT2D eigenvalue weighted by molar-refractivity contribution is 6.20. The molecule has 5 nitrogen and oxygen atoms in total. The van der Waals surface area contributed by atoms with E-state index in [1.165, 1.54) is 0 Å². The van der Waals surface area contributed by atoms with Gasteiger partial charge in [0.15, 0.2) is 0 Å². The topological polar surface area (TPSA) is 70.6 Å². The van der Waals surface area contributed by atoms with Crippen molar-refractivity contribution in [2.24, 2.45) is 9.98 Å². The maximum Gasteiger partial charge on any atom is 0.128 e. The van der Waals surface area contributed by atoms with Gasteiger partial charge in [-0.25, -0.2) is 0 Å². The van der Waals surface area contributed by atoms with E-state index in [-0.39, 0.29) is 0 Å². The van der Waals surface area contributed by atoms with E-state index in [4.69, 9.17) is 14.7 Å². The fourth-order valence-electron chi connectivity index (χ4n) is 4.27. The third kappa shape index (κ3) is 4.82. The summed E-state index contributed by atoms with van der Waals surface area (Å²) >= 11 is 0. The summed E-state index contributed by atoms with van der Waals surface area (Å²) in [7, 11) is 3.50. The molecule has 0 fully saturated rings. The lowest BCUT2D eigenvalue weighted by Crippen LogP contribution is -2.09. The highest BCUT2D eigenvalue weighted by atomic mass is 16.5. The summed E-state index contributed by atoms with van der Waals surface area (Å²) in [6.07, 6.45) is 13.8. The second-order valence-electron chi connectivity index (χ2n) is 8.13. The molecule has 5 heteroatoms. The summed E-state index contributed by atoms with van der Waals surface area (Å²) in [5.41, 5.74) is 7.68. The smallest absolute Gasteiger partial charge is 0.128 e. The Bertz CT molecular complexity index is 1360. The lowest BCUT2D eigenvalue weighted by atomic mass is 9.91. The Morgan fingerprint density at radius 1 is 1.24 bits per heavy atom. The number of aryl methyl sites for hydroxylation is 1. The van der Waals surface area contributed by atoms with Crippen LogP contribution in [0, 0.1) is 11.3 Å². The molecule has 3 aromatic rings. The average molecular weight is 449 g/mol. The minimum absolute atomic E-state index is 0.631. The van der Waals surface area contributed by atoms with Crippen molar-refractivity contribution in [3.05, 3.63) is 88.3 Å². The molecule has 1 aliphatic heterocycles. The molecule has 0 spiro atoms. The molecule has 0 saturated heterocycles. The number of pyridine rings is 1. The number of benzene rings is 2. The van der Waals surface area contributed by atoms with E-state index in [1.807, 2.05) is 49.8 Å². The van der Waals surface area contributed by atoms with Crippen LogP contribution in [0.4, 0.5) is 0 Å². The van der Waals surface area contributed by atoms with Gasteiger partial charge in [0, 0.05) is 66.1 Å². The molecule has 4 rings (SSSR count). The van der Waals surface area contributed by atoms with Gasteiger partial charge in [0.05, 0.1) is 30.0 Å². The van der Waals surface area contributed by atoms with E-state index >= 15 is 0 Å². The van der Waals surface area contributed by atoms with Crippen molar-refractivity contribution in [1.82, 2.24) is 4.98 Å². The molecule has 0 saturated carbocycles. The minimum atomic E-state index is 0.631. The van der Waals surface area contributed by atoms with Crippen molar-refractivity contribution >= 4 is 28.9 Å². The largest absolute Gasteiger partial charge is 0.496 e. The van der Waals surface area contributed by atoms with Gasteiger partial charge in [-0.2, -0.15) is 5.26 Å². The molecule has 0 amide bonds. The summed E-state index contributed by atoms with van der Waals surface area (Å²) in [5.74, 6) is 0.780. The Morgan fingerprint density at radius 2 is 2.06 bits per heavy atom. The third-order valence-corrected chi connectivity index (χ3v) is 5.91. The molecule has 34 heavy (non-hydrogen) atoms. The highest BCUT2D eigenvalue weighted by Gasteiger charge is 2.18. The second kappa shape index (κ2) is 10.7. The van der Waals surface area contributed by atoms with Gasteiger partial charge >= 0.3 is 0 Å². The van der Waals surface area contributed by atoms with E-state index < -0.39 is 0 Å². The van der Waals surface area contributed by atoms with Gasteiger partial charge in [-0.15, -0.1) is 0 Å².